The van der Waals surface area contributed by atoms with Crippen molar-refractivity contribution in [1.29, 1.82) is 0 Å². The van der Waals surface area contributed by atoms with Gasteiger partial charge in [-0.3, -0.25) is 0 Å². The lowest BCUT2D eigenvalue weighted by molar-refractivity contribution is 0.303. The molecule has 33 heavy (non-hydrogen) atoms. The van der Waals surface area contributed by atoms with Crippen molar-refractivity contribution in [3.63, 3.8) is 0 Å². The minimum Gasteiger partial charge on any atom is -0.488 e. The molecule has 0 atom stereocenters. The summed E-state index contributed by atoms with van der Waals surface area (Å²) < 4.78 is 6.23. The molecule has 0 saturated heterocycles. The number of nitrogens with zero attached hydrogens (tertiary/aromatic N) is 1. The maximum absolute atomic E-state index is 6.32. The zero-order valence-electron chi connectivity index (χ0n) is 18.4. The van der Waals surface area contributed by atoms with E-state index in [0.29, 0.717) is 6.61 Å². The van der Waals surface area contributed by atoms with E-state index in [-0.39, 0.29) is 0 Å². The van der Waals surface area contributed by atoms with Gasteiger partial charge in [-0.05, 0) is 48.0 Å². The molecular formula is C28H26ClN3O. The first-order valence-electron chi connectivity index (χ1n) is 11.3. The summed E-state index contributed by atoms with van der Waals surface area (Å²) in [4.78, 5) is 8.07. The lowest BCUT2D eigenvalue weighted by Gasteiger charge is -2.15. The number of fused-ring (bicyclic) bond motifs is 2. The molecule has 0 aliphatic rings. The molecular weight excluding hydrogens is 430 g/mol. The van der Waals surface area contributed by atoms with Gasteiger partial charge in [-0.2, -0.15) is 0 Å². The van der Waals surface area contributed by atoms with Crippen LogP contribution < -0.4 is 10.1 Å². The van der Waals surface area contributed by atoms with Crippen LogP contribution in [0.2, 0.25) is 5.02 Å². The van der Waals surface area contributed by atoms with Crippen LogP contribution in [0.3, 0.4) is 0 Å². The van der Waals surface area contributed by atoms with Gasteiger partial charge in [0.25, 0.3) is 0 Å². The standard InChI is InChI=1S/C28H26ClN3O/c29-24-11-4-2-9-21(24)19-33-27-16-15-20-8-1-3-10-22(20)23(27)18-30-17-7-14-28-31-25-12-5-6-13-26(25)32-28/h1-6,8-13,15-16,30H,7,14,17-19H2,(H,31,32). The van der Waals surface area contributed by atoms with Crippen molar-refractivity contribution >= 4 is 33.4 Å². The lowest BCUT2D eigenvalue weighted by Crippen LogP contribution is -2.16. The number of H-pyrrole nitrogens is 1. The van der Waals surface area contributed by atoms with Crippen molar-refractivity contribution in [3.05, 3.63) is 107 Å². The molecule has 5 aromatic rings. The average molecular weight is 456 g/mol. The normalized spacial score (nSPS) is 11.3. The van der Waals surface area contributed by atoms with Gasteiger partial charge < -0.3 is 15.0 Å². The summed E-state index contributed by atoms with van der Waals surface area (Å²) in [7, 11) is 0. The Morgan fingerprint density at radius 3 is 2.61 bits per heavy atom. The van der Waals surface area contributed by atoms with Gasteiger partial charge in [0, 0.05) is 29.1 Å². The number of imidazole rings is 1. The Morgan fingerprint density at radius 1 is 0.879 bits per heavy atom. The number of hydrogen-bond acceptors (Lipinski definition) is 3. The van der Waals surface area contributed by atoms with Crippen molar-refractivity contribution in [3.8, 4) is 5.75 Å². The van der Waals surface area contributed by atoms with Gasteiger partial charge in [0.15, 0.2) is 0 Å². The predicted octanol–water partition coefficient (Wildman–Crippen LogP) is 6.67. The molecule has 0 aliphatic carbocycles. The number of aromatic nitrogens is 2. The molecule has 5 rings (SSSR count). The van der Waals surface area contributed by atoms with Crippen LogP contribution in [0.15, 0.2) is 84.9 Å². The predicted molar refractivity (Wildman–Crippen MR) is 136 cm³/mol. The van der Waals surface area contributed by atoms with Gasteiger partial charge in [-0.25, -0.2) is 4.98 Å². The summed E-state index contributed by atoms with van der Waals surface area (Å²) in [6, 6.07) is 28.6. The fourth-order valence-corrected chi connectivity index (χ4v) is 4.31. The summed E-state index contributed by atoms with van der Waals surface area (Å²) in [5.74, 6) is 1.92. The molecule has 0 unspecified atom stereocenters. The van der Waals surface area contributed by atoms with Gasteiger partial charge in [0.2, 0.25) is 0 Å². The van der Waals surface area contributed by atoms with E-state index in [1.165, 1.54) is 16.3 Å². The number of nitrogens with one attached hydrogen (secondary N) is 2. The molecule has 1 heterocycles. The first-order valence-corrected chi connectivity index (χ1v) is 11.7. The van der Waals surface area contributed by atoms with Gasteiger partial charge in [-0.1, -0.05) is 72.3 Å². The molecule has 4 aromatic carbocycles. The average Bonchev–Trinajstić information content (AvgIpc) is 3.27. The fourth-order valence-electron chi connectivity index (χ4n) is 4.12. The van der Waals surface area contributed by atoms with Crippen molar-refractivity contribution in [2.45, 2.75) is 26.0 Å². The number of aryl methyl sites for hydroxylation is 1. The van der Waals surface area contributed by atoms with Crippen molar-refractivity contribution in [1.82, 2.24) is 15.3 Å². The number of ether oxygens (including phenoxy) is 1. The Bertz CT molecular complexity index is 1350. The SMILES string of the molecule is Clc1ccccc1COc1ccc2ccccc2c1CNCCCc1nc2ccccc2[nH]1. The van der Waals surface area contributed by atoms with E-state index in [1.807, 2.05) is 42.5 Å². The first kappa shape index (κ1) is 21.5. The molecule has 166 valence electrons. The minimum atomic E-state index is 0.442. The van der Waals surface area contributed by atoms with E-state index in [1.54, 1.807) is 0 Å². The third-order valence-corrected chi connectivity index (χ3v) is 6.21. The number of para-hydroxylation sites is 2. The lowest BCUT2D eigenvalue weighted by atomic mass is 10.0. The van der Waals surface area contributed by atoms with E-state index < -0.39 is 0 Å². The van der Waals surface area contributed by atoms with Crippen LogP contribution in [0.25, 0.3) is 21.8 Å². The molecule has 0 fully saturated rings. The molecule has 0 bridgehead atoms. The number of rotatable bonds is 9. The summed E-state index contributed by atoms with van der Waals surface area (Å²) in [6.07, 6.45) is 1.91. The molecule has 5 heteroatoms. The second-order valence-corrected chi connectivity index (χ2v) is 8.53. The number of aromatic amines is 1. The Morgan fingerprint density at radius 2 is 1.70 bits per heavy atom. The number of halogens is 1. The molecule has 1 aromatic heterocycles. The zero-order valence-corrected chi connectivity index (χ0v) is 19.1. The number of hydrogen-bond donors (Lipinski definition) is 2. The van der Waals surface area contributed by atoms with Crippen LogP contribution >= 0.6 is 11.6 Å². The van der Waals surface area contributed by atoms with Gasteiger partial charge in [0.1, 0.15) is 18.2 Å². The highest BCUT2D eigenvalue weighted by molar-refractivity contribution is 6.31. The highest BCUT2D eigenvalue weighted by atomic mass is 35.5. The quantitative estimate of drug-likeness (QED) is 0.244. The Labute approximate surface area is 198 Å². The maximum Gasteiger partial charge on any atom is 0.124 e. The van der Waals surface area contributed by atoms with Crippen molar-refractivity contribution < 1.29 is 4.74 Å². The molecule has 0 spiro atoms. The van der Waals surface area contributed by atoms with E-state index in [2.05, 4.69) is 57.7 Å². The van der Waals surface area contributed by atoms with Crippen molar-refractivity contribution in [2.75, 3.05) is 6.54 Å². The Hall–Kier alpha value is -3.34. The summed E-state index contributed by atoms with van der Waals surface area (Å²) in [6.45, 7) is 2.07. The van der Waals surface area contributed by atoms with Crippen LogP contribution in [-0.2, 0) is 19.6 Å². The van der Waals surface area contributed by atoms with Crippen molar-refractivity contribution in [2.24, 2.45) is 0 Å². The van der Waals surface area contributed by atoms with E-state index in [4.69, 9.17) is 16.3 Å². The maximum atomic E-state index is 6.32. The minimum absolute atomic E-state index is 0.442. The summed E-state index contributed by atoms with van der Waals surface area (Å²) >= 11 is 6.32. The Kier molecular flexibility index (Phi) is 6.56. The highest BCUT2D eigenvalue weighted by Crippen LogP contribution is 2.29. The third kappa shape index (κ3) is 5.03. The van der Waals surface area contributed by atoms with Crippen LogP contribution in [0.1, 0.15) is 23.4 Å². The molecule has 2 N–H and O–H groups in total. The fraction of sp³-hybridized carbons (Fsp3) is 0.179. The monoisotopic (exact) mass is 455 g/mol. The van der Waals surface area contributed by atoms with Gasteiger partial charge in [-0.15, -0.1) is 0 Å². The molecule has 0 radical (unpaired) electrons. The van der Waals surface area contributed by atoms with Gasteiger partial charge >= 0.3 is 0 Å². The third-order valence-electron chi connectivity index (χ3n) is 5.85. The zero-order chi connectivity index (χ0) is 22.5. The smallest absolute Gasteiger partial charge is 0.124 e. The van der Waals surface area contributed by atoms with Crippen LogP contribution in [0, 0.1) is 0 Å². The van der Waals surface area contributed by atoms with Gasteiger partial charge in [0.05, 0.1) is 11.0 Å². The summed E-state index contributed by atoms with van der Waals surface area (Å²) in [5.41, 5.74) is 4.27. The second kappa shape index (κ2) is 10.1. The van der Waals surface area contributed by atoms with Crippen LogP contribution in [0.4, 0.5) is 0 Å². The van der Waals surface area contributed by atoms with Crippen LogP contribution in [0.5, 0.6) is 5.75 Å². The van der Waals surface area contributed by atoms with E-state index in [0.717, 1.165) is 59.1 Å². The first-order chi connectivity index (χ1) is 16.3. The molecule has 4 nitrogen and oxygen atoms in total. The molecule has 0 aliphatic heterocycles. The highest BCUT2D eigenvalue weighted by Gasteiger charge is 2.10. The second-order valence-electron chi connectivity index (χ2n) is 8.12. The number of benzene rings is 4. The Balaban J connectivity index is 1.25. The summed E-state index contributed by atoms with van der Waals surface area (Å²) in [5, 5.41) is 6.74. The molecule has 0 amide bonds. The van der Waals surface area contributed by atoms with E-state index in [9.17, 15) is 0 Å². The topological polar surface area (TPSA) is 49.9 Å². The molecule has 0 saturated carbocycles. The van der Waals surface area contributed by atoms with E-state index >= 15 is 0 Å². The largest absolute Gasteiger partial charge is 0.488 e. The van der Waals surface area contributed by atoms with Crippen LogP contribution in [-0.4, -0.2) is 16.5 Å².